The number of carboxylic acid groups (broad SMARTS) is 1. The molecule has 1 N–H and O–H groups in total. The number of hydrogen-bond acceptors (Lipinski definition) is 3. The number of carbonyl (C=O) groups is 2. The maximum atomic E-state index is 12.6. The molecule has 1 saturated heterocycles. The number of amides is 1. The van der Waals surface area contributed by atoms with Crippen molar-refractivity contribution in [1.82, 2.24) is 4.90 Å². The standard InChI is InChI=1S/C14H14BrNO4/c15-8-3-4-12-9(6-8)10(7-20-12)13(17)16-5-1-2-11(16)14(18)19/h3-4,6,10-11H,1-2,5,7H2,(H,18,19)/t10?,11-/m1/s1. The summed E-state index contributed by atoms with van der Waals surface area (Å²) >= 11 is 3.39. The second-order valence-electron chi connectivity index (χ2n) is 5.07. The first-order chi connectivity index (χ1) is 9.58. The zero-order valence-electron chi connectivity index (χ0n) is 10.7. The van der Waals surface area contributed by atoms with Gasteiger partial charge in [0.05, 0.1) is 0 Å². The van der Waals surface area contributed by atoms with Gasteiger partial charge in [-0.2, -0.15) is 0 Å². The van der Waals surface area contributed by atoms with Crippen LogP contribution < -0.4 is 4.74 Å². The molecular formula is C14H14BrNO4. The van der Waals surface area contributed by atoms with Crippen LogP contribution in [0.1, 0.15) is 24.3 Å². The van der Waals surface area contributed by atoms with Gasteiger partial charge in [0, 0.05) is 16.6 Å². The molecule has 2 aliphatic heterocycles. The number of halogens is 1. The molecular weight excluding hydrogens is 326 g/mol. The largest absolute Gasteiger partial charge is 0.492 e. The van der Waals surface area contributed by atoms with E-state index in [1.807, 2.05) is 18.2 Å². The summed E-state index contributed by atoms with van der Waals surface area (Å²) in [6, 6.07) is 4.86. The molecule has 1 aromatic rings. The highest BCUT2D eigenvalue weighted by Gasteiger charge is 2.40. The molecule has 2 atom stereocenters. The maximum absolute atomic E-state index is 12.6. The lowest BCUT2D eigenvalue weighted by Gasteiger charge is -2.24. The molecule has 1 fully saturated rings. The fourth-order valence-corrected chi connectivity index (χ4v) is 3.26. The van der Waals surface area contributed by atoms with Crippen molar-refractivity contribution >= 4 is 27.8 Å². The minimum absolute atomic E-state index is 0.147. The summed E-state index contributed by atoms with van der Waals surface area (Å²) in [5.74, 6) is -0.768. The molecule has 1 amide bonds. The third-order valence-corrected chi connectivity index (χ3v) is 4.37. The summed E-state index contributed by atoms with van der Waals surface area (Å²) in [6.45, 7) is 0.795. The zero-order valence-corrected chi connectivity index (χ0v) is 12.3. The number of hydrogen-bond donors (Lipinski definition) is 1. The van der Waals surface area contributed by atoms with Crippen molar-refractivity contribution in [2.24, 2.45) is 0 Å². The van der Waals surface area contributed by atoms with Gasteiger partial charge in [-0.05, 0) is 31.0 Å². The van der Waals surface area contributed by atoms with Gasteiger partial charge in [0.25, 0.3) is 0 Å². The van der Waals surface area contributed by atoms with Crippen molar-refractivity contribution in [3.8, 4) is 5.75 Å². The third-order valence-electron chi connectivity index (χ3n) is 3.87. The number of rotatable bonds is 2. The predicted octanol–water partition coefficient (Wildman–Crippen LogP) is 2.00. The topological polar surface area (TPSA) is 66.8 Å². The van der Waals surface area contributed by atoms with Crippen LogP contribution in [0.2, 0.25) is 0 Å². The van der Waals surface area contributed by atoms with Crippen LogP contribution in [-0.4, -0.2) is 41.1 Å². The zero-order chi connectivity index (χ0) is 14.3. The average Bonchev–Trinajstić information content (AvgIpc) is 3.04. The van der Waals surface area contributed by atoms with Gasteiger partial charge in [0.15, 0.2) is 0 Å². The Balaban J connectivity index is 1.86. The van der Waals surface area contributed by atoms with Crippen molar-refractivity contribution in [2.45, 2.75) is 24.8 Å². The van der Waals surface area contributed by atoms with E-state index in [1.54, 1.807) is 0 Å². The van der Waals surface area contributed by atoms with Crippen molar-refractivity contribution in [3.05, 3.63) is 28.2 Å². The molecule has 5 nitrogen and oxygen atoms in total. The third kappa shape index (κ3) is 2.18. The number of benzene rings is 1. The lowest BCUT2D eigenvalue weighted by molar-refractivity contribution is -0.148. The number of ether oxygens (including phenoxy) is 1. The Labute approximate surface area is 124 Å². The Bertz CT molecular complexity index is 574. The summed E-state index contributed by atoms with van der Waals surface area (Å²) in [7, 11) is 0. The van der Waals surface area contributed by atoms with Crippen LogP contribution >= 0.6 is 15.9 Å². The van der Waals surface area contributed by atoms with E-state index in [4.69, 9.17) is 4.74 Å². The fourth-order valence-electron chi connectivity index (χ4n) is 2.88. The number of nitrogens with zero attached hydrogens (tertiary/aromatic N) is 1. The van der Waals surface area contributed by atoms with Gasteiger partial charge >= 0.3 is 5.97 Å². The molecule has 0 aliphatic carbocycles. The number of aliphatic carboxylic acids is 1. The molecule has 0 radical (unpaired) electrons. The number of carboxylic acids is 1. The summed E-state index contributed by atoms with van der Waals surface area (Å²) in [6.07, 6.45) is 1.27. The van der Waals surface area contributed by atoms with E-state index in [9.17, 15) is 14.7 Å². The SMILES string of the molecule is O=C(O)[C@H]1CCCN1C(=O)C1COc2ccc(Br)cc21. The lowest BCUT2D eigenvalue weighted by atomic mass is 9.99. The Morgan fingerprint density at radius 1 is 1.40 bits per heavy atom. The predicted molar refractivity (Wildman–Crippen MR) is 74.7 cm³/mol. The minimum atomic E-state index is -0.927. The van der Waals surface area contributed by atoms with E-state index < -0.39 is 17.9 Å². The van der Waals surface area contributed by atoms with E-state index in [1.165, 1.54) is 4.90 Å². The second-order valence-corrected chi connectivity index (χ2v) is 5.99. The monoisotopic (exact) mass is 339 g/mol. The molecule has 1 aromatic carbocycles. The van der Waals surface area contributed by atoms with Crippen LogP contribution in [0.3, 0.4) is 0 Å². The Hall–Kier alpha value is -1.56. The van der Waals surface area contributed by atoms with Crippen LogP contribution in [-0.2, 0) is 9.59 Å². The molecule has 2 heterocycles. The first-order valence-corrected chi connectivity index (χ1v) is 7.33. The van der Waals surface area contributed by atoms with Crippen molar-refractivity contribution in [1.29, 1.82) is 0 Å². The molecule has 6 heteroatoms. The molecule has 0 saturated carbocycles. The Morgan fingerprint density at radius 3 is 2.95 bits per heavy atom. The number of likely N-dealkylation sites (tertiary alicyclic amines) is 1. The van der Waals surface area contributed by atoms with Crippen LogP contribution in [0.25, 0.3) is 0 Å². The maximum Gasteiger partial charge on any atom is 0.326 e. The van der Waals surface area contributed by atoms with Crippen molar-refractivity contribution in [2.75, 3.05) is 13.2 Å². The summed E-state index contributed by atoms with van der Waals surface area (Å²) in [4.78, 5) is 25.3. The first kappa shape index (κ1) is 13.4. The molecule has 0 bridgehead atoms. The molecule has 3 rings (SSSR count). The molecule has 0 spiro atoms. The Morgan fingerprint density at radius 2 is 2.20 bits per heavy atom. The fraction of sp³-hybridized carbons (Fsp3) is 0.429. The van der Waals surface area contributed by atoms with E-state index in [2.05, 4.69) is 15.9 Å². The van der Waals surface area contributed by atoms with Gasteiger partial charge in [-0.1, -0.05) is 15.9 Å². The first-order valence-electron chi connectivity index (χ1n) is 6.53. The van der Waals surface area contributed by atoms with E-state index in [0.717, 1.165) is 16.5 Å². The highest BCUT2D eigenvalue weighted by Crippen LogP contribution is 2.37. The van der Waals surface area contributed by atoms with Crippen LogP contribution in [0.15, 0.2) is 22.7 Å². The smallest absolute Gasteiger partial charge is 0.326 e. The summed E-state index contributed by atoms with van der Waals surface area (Å²) in [5, 5.41) is 9.18. The van der Waals surface area contributed by atoms with Crippen LogP contribution in [0.5, 0.6) is 5.75 Å². The molecule has 106 valence electrons. The highest BCUT2D eigenvalue weighted by atomic mass is 79.9. The quantitative estimate of drug-likeness (QED) is 0.894. The van der Waals surface area contributed by atoms with Gasteiger partial charge in [-0.15, -0.1) is 0 Å². The Kier molecular flexibility index (Phi) is 3.41. The van der Waals surface area contributed by atoms with E-state index in [-0.39, 0.29) is 12.5 Å². The second kappa shape index (κ2) is 5.09. The minimum Gasteiger partial charge on any atom is -0.492 e. The van der Waals surface area contributed by atoms with Crippen molar-refractivity contribution < 1.29 is 19.4 Å². The normalized spacial score (nSPS) is 24.4. The van der Waals surface area contributed by atoms with E-state index in [0.29, 0.717) is 18.7 Å². The molecule has 0 aromatic heterocycles. The van der Waals surface area contributed by atoms with Gasteiger partial charge < -0.3 is 14.7 Å². The van der Waals surface area contributed by atoms with Gasteiger partial charge in [0.1, 0.15) is 24.3 Å². The van der Waals surface area contributed by atoms with Crippen LogP contribution in [0, 0.1) is 0 Å². The lowest BCUT2D eigenvalue weighted by Crippen LogP contribution is -2.43. The van der Waals surface area contributed by atoms with Gasteiger partial charge in [0.2, 0.25) is 5.91 Å². The number of carbonyl (C=O) groups excluding carboxylic acids is 1. The van der Waals surface area contributed by atoms with E-state index >= 15 is 0 Å². The molecule has 20 heavy (non-hydrogen) atoms. The molecule has 1 unspecified atom stereocenters. The highest BCUT2D eigenvalue weighted by molar-refractivity contribution is 9.10. The summed E-state index contributed by atoms with van der Waals surface area (Å²) < 4.78 is 6.41. The molecule has 2 aliphatic rings. The van der Waals surface area contributed by atoms with Gasteiger partial charge in [-0.3, -0.25) is 4.79 Å². The van der Waals surface area contributed by atoms with Gasteiger partial charge in [-0.25, -0.2) is 4.79 Å². The van der Waals surface area contributed by atoms with Crippen LogP contribution in [0.4, 0.5) is 0 Å². The average molecular weight is 340 g/mol. The summed E-state index contributed by atoms with van der Waals surface area (Å²) in [5.41, 5.74) is 0.834. The number of fused-ring (bicyclic) bond motifs is 1. The van der Waals surface area contributed by atoms with Crippen molar-refractivity contribution in [3.63, 3.8) is 0 Å².